The fourth-order valence-electron chi connectivity index (χ4n) is 2.01. The number of hydrogen-bond donors (Lipinski definition) is 1. The highest BCUT2D eigenvalue weighted by Crippen LogP contribution is 2.20. The number of halogens is 1. The zero-order valence-corrected chi connectivity index (χ0v) is 9.85. The van der Waals surface area contributed by atoms with Crippen LogP contribution >= 0.6 is 15.9 Å². The minimum atomic E-state index is 0.713. The molecule has 1 saturated carbocycles. The Morgan fingerprint density at radius 3 is 2.79 bits per heavy atom. The molecule has 0 atom stereocenters. The van der Waals surface area contributed by atoms with Gasteiger partial charge in [-0.2, -0.15) is 0 Å². The Balaban J connectivity index is 1.79. The van der Waals surface area contributed by atoms with Crippen molar-refractivity contribution >= 4 is 15.9 Å². The zero-order valence-electron chi connectivity index (χ0n) is 8.26. The third kappa shape index (κ3) is 2.61. The van der Waals surface area contributed by atoms with Gasteiger partial charge in [-0.3, -0.25) is 0 Å². The van der Waals surface area contributed by atoms with Crippen LogP contribution in [0.4, 0.5) is 0 Å². The van der Waals surface area contributed by atoms with E-state index in [9.17, 15) is 0 Å². The number of nitrogens with one attached hydrogen (secondary N) is 1. The molecule has 0 spiro atoms. The van der Waals surface area contributed by atoms with E-state index in [0.29, 0.717) is 6.04 Å². The SMILES string of the molecule is Brc1occc1CNC1CCCCC1. The molecule has 1 N–H and O–H groups in total. The minimum Gasteiger partial charge on any atom is -0.457 e. The van der Waals surface area contributed by atoms with Crippen molar-refractivity contribution < 1.29 is 4.42 Å². The maximum absolute atomic E-state index is 5.18. The van der Waals surface area contributed by atoms with E-state index in [1.54, 1.807) is 6.26 Å². The van der Waals surface area contributed by atoms with Gasteiger partial charge < -0.3 is 9.73 Å². The lowest BCUT2D eigenvalue weighted by molar-refractivity contribution is 0.371. The van der Waals surface area contributed by atoms with Crippen molar-refractivity contribution in [2.45, 2.75) is 44.7 Å². The van der Waals surface area contributed by atoms with Crippen LogP contribution in [0.5, 0.6) is 0 Å². The smallest absolute Gasteiger partial charge is 0.173 e. The molecular formula is C11H16BrNO. The van der Waals surface area contributed by atoms with Gasteiger partial charge in [0.1, 0.15) is 0 Å². The molecule has 0 aromatic carbocycles. The lowest BCUT2D eigenvalue weighted by Gasteiger charge is -2.22. The molecule has 0 amide bonds. The quantitative estimate of drug-likeness (QED) is 0.898. The van der Waals surface area contributed by atoms with Crippen LogP contribution in [-0.4, -0.2) is 6.04 Å². The van der Waals surface area contributed by atoms with Crippen LogP contribution < -0.4 is 5.32 Å². The molecule has 1 aliphatic rings. The number of furan rings is 1. The molecule has 2 rings (SSSR count). The van der Waals surface area contributed by atoms with Gasteiger partial charge in [0.2, 0.25) is 0 Å². The summed E-state index contributed by atoms with van der Waals surface area (Å²) in [6.07, 6.45) is 8.55. The van der Waals surface area contributed by atoms with Gasteiger partial charge in [-0.05, 0) is 34.8 Å². The first-order valence-corrected chi connectivity index (χ1v) is 6.11. The summed E-state index contributed by atoms with van der Waals surface area (Å²) in [5.41, 5.74) is 1.22. The Labute approximate surface area is 93.2 Å². The summed E-state index contributed by atoms with van der Waals surface area (Å²) in [7, 11) is 0. The van der Waals surface area contributed by atoms with Gasteiger partial charge in [0.05, 0.1) is 6.26 Å². The average Bonchev–Trinajstić information content (AvgIpc) is 2.63. The fourth-order valence-corrected chi connectivity index (χ4v) is 2.39. The second-order valence-electron chi connectivity index (χ2n) is 3.94. The summed E-state index contributed by atoms with van der Waals surface area (Å²) >= 11 is 3.38. The highest BCUT2D eigenvalue weighted by Gasteiger charge is 2.13. The second-order valence-corrected chi connectivity index (χ2v) is 4.66. The molecule has 0 unspecified atom stereocenters. The van der Waals surface area contributed by atoms with Crippen LogP contribution in [0.2, 0.25) is 0 Å². The molecule has 1 aliphatic carbocycles. The van der Waals surface area contributed by atoms with Crippen molar-refractivity contribution in [3.63, 3.8) is 0 Å². The van der Waals surface area contributed by atoms with E-state index in [0.717, 1.165) is 11.2 Å². The lowest BCUT2D eigenvalue weighted by Crippen LogP contribution is -2.30. The third-order valence-corrected chi connectivity index (χ3v) is 3.58. The number of hydrogen-bond acceptors (Lipinski definition) is 2. The first kappa shape index (κ1) is 10.2. The second kappa shape index (κ2) is 4.99. The fraction of sp³-hybridized carbons (Fsp3) is 0.636. The normalized spacial score (nSPS) is 18.6. The molecule has 1 aromatic heterocycles. The first-order chi connectivity index (χ1) is 6.86. The van der Waals surface area contributed by atoms with E-state index in [-0.39, 0.29) is 0 Å². The summed E-state index contributed by atoms with van der Waals surface area (Å²) in [4.78, 5) is 0. The van der Waals surface area contributed by atoms with Crippen molar-refractivity contribution in [3.8, 4) is 0 Å². The van der Waals surface area contributed by atoms with Gasteiger partial charge >= 0.3 is 0 Å². The summed E-state index contributed by atoms with van der Waals surface area (Å²) < 4.78 is 6.04. The van der Waals surface area contributed by atoms with Gasteiger partial charge in [-0.1, -0.05) is 19.3 Å². The van der Waals surface area contributed by atoms with E-state index in [1.807, 2.05) is 6.07 Å². The largest absolute Gasteiger partial charge is 0.457 e. The van der Waals surface area contributed by atoms with Crippen molar-refractivity contribution in [1.29, 1.82) is 0 Å². The molecule has 2 nitrogen and oxygen atoms in total. The summed E-state index contributed by atoms with van der Waals surface area (Å²) in [6, 6.07) is 2.73. The number of rotatable bonds is 3. The summed E-state index contributed by atoms with van der Waals surface area (Å²) in [5.74, 6) is 0. The minimum absolute atomic E-state index is 0.713. The molecule has 78 valence electrons. The van der Waals surface area contributed by atoms with Gasteiger partial charge in [0.25, 0.3) is 0 Å². The molecule has 0 radical (unpaired) electrons. The molecule has 0 bridgehead atoms. The third-order valence-electron chi connectivity index (χ3n) is 2.88. The van der Waals surface area contributed by atoms with Crippen LogP contribution in [0.1, 0.15) is 37.7 Å². The highest BCUT2D eigenvalue weighted by molar-refractivity contribution is 9.10. The van der Waals surface area contributed by atoms with Gasteiger partial charge in [-0.25, -0.2) is 0 Å². The maximum Gasteiger partial charge on any atom is 0.173 e. The van der Waals surface area contributed by atoms with E-state index < -0.39 is 0 Å². The van der Waals surface area contributed by atoms with Crippen molar-refractivity contribution in [3.05, 3.63) is 22.6 Å². The predicted molar refractivity (Wildman–Crippen MR) is 60.1 cm³/mol. The Morgan fingerprint density at radius 1 is 1.36 bits per heavy atom. The Morgan fingerprint density at radius 2 is 2.14 bits per heavy atom. The van der Waals surface area contributed by atoms with Crippen molar-refractivity contribution in [2.24, 2.45) is 0 Å². The van der Waals surface area contributed by atoms with Gasteiger partial charge in [0.15, 0.2) is 4.67 Å². The topological polar surface area (TPSA) is 25.2 Å². The molecule has 1 heterocycles. The van der Waals surface area contributed by atoms with E-state index in [1.165, 1.54) is 37.7 Å². The molecule has 3 heteroatoms. The zero-order chi connectivity index (χ0) is 9.80. The van der Waals surface area contributed by atoms with Crippen LogP contribution in [0.3, 0.4) is 0 Å². The summed E-state index contributed by atoms with van der Waals surface area (Å²) in [6.45, 7) is 0.918. The highest BCUT2D eigenvalue weighted by atomic mass is 79.9. The lowest BCUT2D eigenvalue weighted by atomic mass is 9.95. The molecule has 0 saturated heterocycles. The Hall–Kier alpha value is -0.280. The first-order valence-electron chi connectivity index (χ1n) is 5.31. The van der Waals surface area contributed by atoms with Gasteiger partial charge in [0, 0.05) is 18.2 Å². The molecular weight excluding hydrogens is 242 g/mol. The molecule has 0 aliphatic heterocycles. The monoisotopic (exact) mass is 257 g/mol. The van der Waals surface area contributed by atoms with Crippen molar-refractivity contribution in [1.82, 2.24) is 5.32 Å². The average molecular weight is 258 g/mol. The van der Waals surface area contributed by atoms with E-state index in [2.05, 4.69) is 21.2 Å². The molecule has 1 aromatic rings. The van der Waals surface area contributed by atoms with Crippen LogP contribution in [0.15, 0.2) is 21.4 Å². The molecule has 14 heavy (non-hydrogen) atoms. The Kier molecular flexibility index (Phi) is 3.65. The predicted octanol–water partition coefficient (Wildman–Crippen LogP) is 3.46. The van der Waals surface area contributed by atoms with Gasteiger partial charge in [-0.15, -0.1) is 0 Å². The van der Waals surface area contributed by atoms with Crippen molar-refractivity contribution in [2.75, 3.05) is 0 Å². The van der Waals surface area contributed by atoms with Crippen LogP contribution in [-0.2, 0) is 6.54 Å². The standard InChI is InChI=1S/C11H16BrNO/c12-11-9(6-7-14-11)8-13-10-4-2-1-3-5-10/h6-7,10,13H,1-5,8H2. The van der Waals surface area contributed by atoms with Crippen LogP contribution in [0.25, 0.3) is 0 Å². The maximum atomic E-state index is 5.18. The van der Waals surface area contributed by atoms with Crippen LogP contribution in [0, 0.1) is 0 Å². The Bertz CT molecular complexity index is 279. The molecule has 1 fully saturated rings. The summed E-state index contributed by atoms with van der Waals surface area (Å²) in [5, 5.41) is 3.57. The van der Waals surface area contributed by atoms with E-state index in [4.69, 9.17) is 4.42 Å². The van der Waals surface area contributed by atoms with E-state index >= 15 is 0 Å².